The largest absolute Gasteiger partial charge is 0.469 e. The maximum atomic E-state index is 13.5. The van der Waals surface area contributed by atoms with Gasteiger partial charge in [-0.1, -0.05) is 25.0 Å². The van der Waals surface area contributed by atoms with Crippen molar-refractivity contribution in [2.45, 2.75) is 43.9 Å². The number of benzene rings is 1. The van der Waals surface area contributed by atoms with Gasteiger partial charge in [-0.15, -0.1) is 0 Å². The number of hydrogen-bond donors (Lipinski definition) is 1. The Labute approximate surface area is 130 Å². The van der Waals surface area contributed by atoms with E-state index < -0.39 is 5.41 Å². The van der Waals surface area contributed by atoms with Crippen LogP contribution < -0.4 is 5.32 Å². The first-order valence-electron chi connectivity index (χ1n) is 7.70. The zero-order chi connectivity index (χ0) is 16.0. The Hall–Kier alpha value is -1.91. The van der Waals surface area contributed by atoms with Gasteiger partial charge < -0.3 is 10.1 Å². The monoisotopic (exact) mass is 307 g/mol. The van der Waals surface area contributed by atoms with Gasteiger partial charge in [0.25, 0.3) is 0 Å². The first kappa shape index (κ1) is 16.5. The lowest BCUT2D eigenvalue weighted by molar-refractivity contribution is -0.140. The SMILES string of the molecule is COC(=O)CCCNC(=O)C1(c2cccc(F)c2)CCCC1. The van der Waals surface area contributed by atoms with Gasteiger partial charge in [-0.3, -0.25) is 9.59 Å². The summed E-state index contributed by atoms with van der Waals surface area (Å²) in [5, 5.41) is 2.89. The van der Waals surface area contributed by atoms with Crippen molar-refractivity contribution in [1.82, 2.24) is 5.32 Å². The van der Waals surface area contributed by atoms with Gasteiger partial charge in [0.05, 0.1) is 12.5 Å². The van der Waals surface area contributed by atoms with Gasteiger partial charge >= 0.3 is 5.97 Å². The van der Waals surface area contributed by atoms with Gasteiger partial charge in [0.2, 0.25) is 5.91 Å². The Morgan fingerprint density at radius 2 is 2.05 bits per heavy atom. The smallest absolute Gasteiger partial charge is 0.305 e. The Kier molecular flexibility index (Phi) is 5.52. The highest BCUT2D eigenvalue weighted by atomic mass is 19.1. The van der Waals surface area contributed by atoms with Crippen LogP contribution in [0.25, 0.3) is 0 Å². The third kappa shape index (κ3) is 3.64. The van der Waals surface area contributed by atoms with E-state index in [-0.39, 0.29) is 24.1 Å². The summed E-state index contributed by atoms with van der Waals surface area (Å²) in [6.45, 7) is 0.422. The third-order valence-corrected chi connectivity index (χ3v) is 4.34. The Balaban J connectivity index is 2.01. The summed E-state index contributed by atoms with van der Waals surface area (Å²) in [4.78, 5) is 23.7. The van der Waals surface area contributed by atoms with Crippen molar-refractivity contribution in [3.63, 3.8) is 0 Å². The summed E-state index contributed by atoms with van der Waals surface area (Å²) in [6.07, 6.45) is 4.22. The molecule has 120 valence electrons. The van der Waals surface area contributed by atoms with Gasteiger partial charge in [-0.25, -0.2) is 4.39 Å². The second-order valence-electron chi connectivity index (χ2n) is 5.74. The molecule has 0 spiro atoms. The number of nitrogens with one attached hydrogen (secondary N) is 1. The second-order valence-corrected chi connectivity index (χ2v) is 5.74. The molecular formula is C17H22FNO3. The van der Waals surface area contributed by atoms with Crippen molar-refractivity contribution < 1.29 is 18.7 Å². The van der Waals surface area contributed by atoms with Crippen LogP contribution in [-0.4, -0.2) is 25.5 Å². The quantitative estimate of drug-likeness (QED) is 0.649. The average Bonchev–Trinajstić information content (AvgIpc) is 3.02. The Morgan fingerprint density at radius 1 is 1.32 bits per heavy atom. The molecule has 1 aromatic rings. The number of methoxy groups -OCH3 is 1. The number of esters is 1. The molecule has 1 amide bonds. The zero-order valence-electron chi connectivity index (χ0n) is 12.9. The van der Waals surface area contributed by atoms with Gasteiger partial charge in [0.15, 0.2) is 0 Å². The third-order valence-electron chi connectivity index (χ3n) is 4.34. The number of carbonyl (C=O) groups is 2. The average molecular weight is 307 g/mol. The summed E-state index contributed by atoms with van der Waals surface area (Å²) in [5.74, 6) is -0.669. The van der Waals surface area contributed by atoms with Gasteiger partial charge in [0, 0.05) is 13.0 Å². The van der Waals surface area contributed by atoms with Crippen molar-refractivity contribution >= 4 is 11.9 Å². The highest BCUT2D eigenvalue weighted by Gasteiger charge is 2.42. The van der Waals surface area contributed by atoms with Crippen LogP contribution in [0.3, 0.4) is 0 Å². The topological polar surface area (TPSA) is 55.4 Å². The zero-order valence-corrected chi connectivity index (χ0v) is 12.9. The van der Waals surface area contributed by atoms with E-state index in [9.17, 15) is 14.0 Å². The van der Waals surface area contributed by atoms with Crippen LogP contribution in [0.15, 0.2) is 24.3 Å². The van der Waals surface area contributed by atoms with Gasteiger partial charge in [0.1, 0.15) is 5.82 Å². The molecule has 0 heterocycles. The van der Waals surface area contributed by atoms with Crippen molar-refractivity contribution in [3.05, 3.63) is 35.6 Å². The maximum absolute atomic E-state index is 13.5. The molecule has 1 aliphatic rings. The van der Waals surface area contributed by atoms with E-state index in [4.69, 9.17) is 0 Å². The van der Waals surface area contributed by atoms with Crippen molar-refractivity contribution in [3.8, 4) is 0 Å². The van der Waals surface area contributed by atoms with Gasteiger partial charge in [-0.2, -0.15) is 0 Å². The lowest BCUT2D eigenvalue weighted by Gasteiger charge is -2.28. The van der Waals surface area contributed by atoms with Crippen LogP contribution in [-0.2, 0) is 19.7 Å². The van der Waals surface area contributed by atoms with E-state index in [1.807, 2.05) is 6.07 Å². The molecule has 1 saturated carbocycles. The molecule has 1 fully saturated rings. The highest BCUT2D eigenvalue weighted by molar-refractivity contribution is 5.88. The molecule has 4 nitrogen and oxygen atoms in total. The highest BCUT2D eigenvalue weighted by Crippen LogP contribution is 2.41. The normalized spacial score (nSPS) is 16.3. The fourth-order valence-electron chi connectivity index (χ4n) is 3.12. The van der Waals surface area contributed by atoms with Crippen molar-refractivity contribution in [1.29, 1.82) is 0 Å². The van der Waals surface area contributed by atoms with E-state index in [0.29, 0.717) is 13.0 Å². The molecule has 0 radical (unpaired) electrons. The number of rotatable bonds is 6. The van der Waals surface area contributed by atoms with Crippen molar-refractivity contribution in [2.24, 2.45) is 0 Å². The van der Waals surface area contributed by atoms with E-state index in [0.717, 1.165) is 31.2 Å². The molecule has 0 bridgehead atoms. The van der Waals surface area contributed by atoms with Crippen LogP contribution in [0.4, 0.5) is 4.39 Å². The molecular weight excluding hydrogens is 285 g/mol. The first-order valence-corrected chi connectivity index (χ1v) is 7.70. The fourth-order valence-corrected chi connectivity index (χ4v) is 3.12. The summed E-state index contributed by atoms with van der Waals surface area (Å²) in [6, 6.07) is 6.32. The minimum atomic E-state index is -0.632. The van der Waals surface area contributed by atoms with Crippen LogP contribution >= 0.6 is 0 Å². The van der Waals surface area contributed by atoms with Crippen LogP contribution in [0.2, 0.25) is 0 Å². The molecule has 0 aromatic heterocycles. The summed E-state index contributed by atoms with van der Waals surface area (Å²) in [5.41, 5.74) is 0.114. The number of halogens is 1. The molecule has 0 unspecified atom stereocenters. The first-order chi connectivity index (χ1) is 10.6. The number of hydrogen-bond acceptors (Lipinski definition) is 3. The van der Waals surface area contributed by atoms with Crippen LogP contribution in [0.1, 0.15) is 44.1 Å². The molecule has 0 saturated heterocycles. The summed E-state index contributed by atoms with van der Waals surface area (Å²) >= 11 is 0. The Morgan fingerprint density at radius 3 is 2.68 bits per heavy atom. The van der Waals surface area contributed by atoms with Crippen LogP contribution in [0, 0.1) is 5.82 Å². The predicted octanol–water partition coefficient (Wildman–Crippen LogP) is 2.71. The van der Waals surface area contributed by atoms with Gasteiger partial charge in [-0.05, 0) is 37.0 Å². The van der Waals surface area contributed by atoms with E-state index in [2.05, 4.69) is 10.1 Å². The number of carbonyl (C=O) groups excluding carboxylic acids is 2. The van der Waals surface area contributed by atoms with Crippen molar-refractivity contribution in [2.75, 3.05) is 13.7 Å². The lowest BCUT2D eigenvalue weighted by atomic mass is 9.78. The standard InChI is InChI=1S/C17H22FNO3/c1-22-15(20)8-5-11-19-16(21)17(9-2-3-10-17)13-6-4-7-14(18)12-13/h4,6-7,12H,2-3,5,8-11H2,1H3,(H,19,21). The maximum Gasteiger partial charge on any atom is 0.305 e. The predicted molar refractivity (Wildman–Crippen MR) is 80.8 cm³/mol. The molecule has 1 N–H and O–H groups in total. The molecule has 1 aromatic carbocycles. The Bertz CT molecular complexity index is 538. The lowest BCUT2D eigenvalue weighted by Crippen LogP contribution is -2.43. The minimum absolute atomic E-state index is 0.0690. The van der Waals surface area contributed by atoms with E-state index in [1.165, 1.54) is 19.2 Å². The molecule has 2 rings (SSSR count). The molecule has 22 heavy (non-hydrogen) atoms. The number of ether oxygens (including phenoxy) is 1. The van der Waals surface area contributed by atoms with Crippen LogP contribution in [0.5, 0.6) is 0 Å². The molecule has 5 heteroatoms. The second kappa shape index (κ2) is 7.38. The summed E-state index contributed by atoms with van der Waals surface area (Å²) in [7, 11) is 1.35. The molecule has 0 aliphatic heterocycles. The van der Waals surface area contributed by atoms with E-state index in [1.54, 1.807) is 6.07 Å². The van der Waals surface area contributed by atoms with E-state index >= 15 is 0 Å². The minimum Gasteiger partial charge on any atom is -0.469 e. The molecule has 1 aliphatic carbocycles. The molecule has 0 atom stereocenters. The summed E-state index contributed by atoms with van der Waals surface area (Å²) < 4.78 is 18.1. The fraction of sp³-hybridized carbons (Fsp3) is 0.529. The number of amides is 1.